The van der Waals surface area contributed by atoms with Gasteiger partial charge in [0.25, 0.3) is 5.91 Å². The van der Waals surface area contributed by atoms with Crippen LogP contribution in [0.3, 0.4) is 0 Å². The summed E-state index contributed by atoms with van der Waals surface area (Å²) in [6.07, 6.45) is 0. The highest BCUT2D eigenvalue weighted by Gasteiger charge is 2.11. The molecule has 5 heteroatoms. The van der Waals surface area contributed by atoms with Crippen LogP contribution in [0.2, 0.25) is 0 Å². The van der Waals surface area contributed by atoms with Crippen LogP contribution in [-0.2, 0) is 0 Å². The molecule has 0 unspecified atom stereocenters. The third-order valence-electron chi connectivity index (χ3n) is 4.16. The molecular weight excluding hydrogens is 380 g/mol. The summed E-state index contributed by atoms with van der Waals surface area (Å²) in [6, 6.07) is 19.4. The number of fused-ring (bicyclic) bond motifs is 2. The molecule has 0 spiro atoms. The third kappa shape index (κ3) is 2.98. The first-order valence-corrected chi connectivity index (χ1v) is 8.60. The Kier molecular flexibility index (Phi) is 3.93. The highest BCUT2D eigenvalue weighted by atomic mass is 79.9. The Morgan fingerprint density at radius 3 is 2.76 bits per heavy atom. The molecule has 1 amide bonds. The number of aromatic nitrogens is 1. The van der Waals surface area contributed by atoms with E-state index in [9.17, 15) is 4.79 Å². The molecule has 25 heavy (non-hydrogen) atoms. The van der Waals surface area contributed by atoms with Crippen molar-refractivity contribution in [2.75, 3.05) is 12.4 Å². The third-order valence-corrected chi connectivity index (χ3v) is 4.85. The zero-order valence-electron chi connectivity index (χ0n) is 13.5. The van der Waals surface area contributed by atoms with Gasteiger partial charge in [0, 0.05) is 27.1 Å². The number of anilines is 1. The van der Waals surface area contributed by atoms with Gasteiger partial charge in [-0.1, -0.05) is 34.1 Å². The number of nitrogens with one attached hydrogen (secondary N) is 2. The highest BCUT2D eigenvalue weighted by molar-refractivity contribution is 9.10. The van der Waals surface area contributed by atoms with E-state index in [0.29, 0.717) is 5.69 Å². The van der Waals surface area contributed by atoms with Crippen LogP contribution in [0.25, 0.3) is 21.7 Å². The zero-order valence-corrected chi connectivity index (χ0v) is 15.1. The lowest BCUT2D eigenvalue weighted by Crippen LogP contribution is -2.12. The van der Waals surface area contributed by atoms with Gasteiger partial charge < -0.3 is 15.0 Å². The molecule has 1 aromatic heterocycles. The molecule has 0 aliphatic carbocycles. The topological polar surface area (TPSA) is 54.1 Å². The van der Waals surface area contributed by atoms with Crippen LogP contribution >= 0.6 is 15.9 Å². The quantitative estimate of drug-likeness (QED) is 0.492. The number of rotatable bonds is 3. The first kappa shape index (κ1) is 15.7. The Bertz CT molecular complexity index is 1100. The smallest absolute Gasteiger partial charge is 0.272 e. The molecule has 124 valence electrons. The minimum Gasteiger partial charge on any atom is -0.497 e. The monoisotopic (exact) mass is 394 g/mol. The van der Waals surface area contributed by atoms with Crippen molar-refractivity contribution in [1.82, 2.24) is 4.98 Å². The van der Waals surface area contributed by atoms with E-state index in [1.54, 1.807) is 7.11 Å². The van der Waals surface area contributed by atoms with Crippen LogP contribution in [0.15, 0.2) is 65.1 Å². The maximum absolute atomic E-state index is 12.6. The summed E-state index contributed by atoms with van der Waals surface area (Å²) in [5, 5.41) is 6.08. The van der Waals surface area contributed by atoms with Crippen LogP contribution < -0.4 is 10.1 Å². The van der Waals surface area contributed by atoms with E-state index in [1.165, 1.54) is 0 Å². The summed E-state index contributed by atoms with van der Waals surface area (Å²) in [6.45, 7) is 0. The van der Waals surface area contributed by atoms with Crippen molar-refractivity contribution in [3.63, 3.8) is 0 Å². The van der Waals surface area contributed by atoms with Crippen LogP contribution in [0.5, 0.6) is 5.75 Å². The largest absolute Gasteiger partial charge is 0.497 e. The molecule has 0 radical (unpaired) electrons. The highest BCUT2D eigenvalue weighted by Crippen LogP contribution is 2.27. The predicted octanol–water partition coefficient (Wildman–Crippen LogP) is 5.34. The fourth-order valence-electron chi connectivity index (χ4n) is 2.88. The Hall–Kier alpha value is -2.79. The summed E-state index contributed by atoms with van der Waals surface area (Å²) in [5.41, 5.74) is 2.14. The second-order valence-corrected chi connectivity index (χ2v) is 6.62. The van der Waals surface area contributed by atoms with Gasteiger partial charge in [-0.2, -0.15) is 0 Å². The van der Waals surface area contributed by atoms with E-state index in [2.05, 4.69) is 26.2 Å². The van der Waals surface area contributed by atoms with E-state index in [1.807, 2.05) is 60.7 Å². The molecule has 2 N–H and O–H groups in total. The van der Waals surface area contributed by atoms with Crippen LogP contribution in [-0.4, -0.2) is 18.0 Å². The second-order valence-electron chi connectivity index (χ2n) is 5.77. The van der Waals surface area contributed by atoms with Gasteiger partial charge in [-0.15, -0.1) is 0 Å². The fraction of sp³-hybridized carbons (Fsp3) is 0.0500. The number of H-pyrrole nitrogens is 1. The maximum Gasteiger partial charge on any atom is 0.272 e. The predicted molar refractivity (Wildman–Crippen MR) is 104 cm³/mol. The number of amides is 1. The summed E-state index contributed by atoms with van der Waals surface area (Å²) >= 11 is 3.54. The number of hydrogen-bond acceptors (Lipinski definition) is 2. The van der Waals surface area contributed by atoms with E-state index in [-0.39, 0.29) is 5.91 Å². The Labute approximate surface area is 152 Å². The lowest BCUT2D eigenvalue weighted by atomic mass is 10.1. The average molecular weight is 395 g/mol. The van der Waals surface area contributed by atoms with E-state index in [4.69, 9.17) is 4.74 Å². The van der Waals surface area contributed by atoms with Gasteiger partial charge in [0.2, 0.25) is 0 Å². The number of aromatic amines is 1. The molecule has 4 rings (SSSR count). The Balaban J connectivity index is 1.63. The normalized spacial score (nSPS) is 11.0. The summed E-state index contributed by atoms with van der Waals surface area (Å²) in [4.78, 5) is 15.7. The van der Waals surface area contributed by atoms with Crippen molar-refractivity contribution < 1.29 is 9.53 Å². The van der Waals surface area contributed by atoms with E-state index < -0.39 is 0 Å². The number of methoxy groups -OCH3 is 1. The van der Waals surface area contributed by atoms with Crippen molar-refractivity contribution in [1.29, 1.82) is 0 Å². The fourth-order valence-corrected chi connectivity index (χ4v) is 3.39. The van der Waals surface area contributed by atoms with Crippen LogP contribution in [0, 0.1) is 0 Å². The van der Waals surface area contributed by atoms with Crippen molar-refractivity contribution in [2.24, 2.45) is 0 Å². The first-order chi connectivity index (χ1) is 12.1. The zero-order chi connectivity index (χ0) is 17.4. The Morgan fingerprint density at radius 2 is 1.92 bits per heavy atom. The molecule has 0 bridgehead atoms. The molecule has 0 atom stereocenters. The molecule has 0 aliphatic rings. The van der Waals surface area contributed by atoms with Gasteiger partial charge in [-0.3, -0.25) is 4.79 Å². The van der Waals surface area contributed by atoms with Crippen molar-refractivity contribution in [3.8, 4) is 5.75 Å². The van der Waals surface area contributed by atoms with Gasteiger partial charge in [0.1, 0.15) is 11.4 Å². The van der Waals surface area contributed by atoms with E-state index >= 15 is 0 Å². The molecule has 0 aliphatic heterocycles. The molecule has 3 aromatic carbocycles. The lowest BCUT2D eigenvalue weighted by Gasteiger charge is -2.06. The van der Waals surface area contributed by atoms with Gasteiger partial charge >= 0.3 is 0 Å². The minimum absolute atomic E-state index is 0.176. The van der Waals surface area contributed by atoms with Crippen molar-refractivity contribution in [3.05, 3.63) is 70.8 Å². The lowest BCUT2D eigenvalue weighted by molar-refractivity contribution is 0.102. The van der Waals surface area contributed by atoms with E-state index in [0.717, 1.165) is 37.6 Å². The summed E-state index contributed by atoms with van der Waals surface area (Å²) in [7, 11) is 1.62. The molecule has 1 heterocycles. The SMILES string of the molecule is COc1ccc2cc(C(=O)Nc3ccc4c(Br)cccc4c3)[nH]c2c1. The maximum atomic E-state index is 12.6. The molecule has 0 saturated heterocycles. The number of ether oxygens (including phenoxy) is 1. The number of carbonyl (C=O) groups is 1. The average Bonchev–Trinajstić information content (AvgIpc) is 3.05. The molecular formula is C20H15BrN2O2. The molecule has 4 aromatic rings. The number of halogens is 1. The minimum atomic E-state index is -0.176. The van der Waals surface area contributed by atoms with Crippen molar-refractivity contribution >= 4 is 49.2 Å². The molecule has 0 saturated carbocycles. The van der Waals surface area contributed by atoms with Gasteiger partial charge in [0.05, 0.1) is 7.11 Å². The number of hydrogen-bond donors (Lipinski definition) is 2. The Morgan fingerprint density at radius 1 is 1.04 bits per heavy atom. The van der Waals surface area contributed by atoms with Gasteiger partial charge in [0.15, 0.2) is 0 Å². The summed E-state index contributed by atoms with van der Waals surface area (Å²) < 4.78 is 6.25. The number of carbonyl (C=O) groups excluding carboxylic acids is 1. The van der Waals surface area contributed by atoms with Gasteiger partial charge in [-0.05, 0) is 47.2 Å². The number of benzene rings is 3. The second kappa shape index (κ2) is 6.26. The van der Waals surface area contributed by atoms with Gasteiger partial charge in [-0.25, -0.2) is 0 Å². The standard InChI is InChI=1S/C20H15BrN2O2/c1-25-15-7-5-13-10-19(23-18(13)11-15)20(24)22-14-6-8-16-12(9-14)3-2-4-17(16)21/h2-11,23H,1H3,(H,22,24). The van der Waals surface area contributed by atoms with Crippen molar-refractivity contribution in [2.45, 2.75) is 0 Å². The first-order valence-electron chi connectivity index (χ1n) is 7.80. The van der Waals surface area contributed by atoms with Crippen LogP contribution in [0.4, 0.5) is 5.69 Å². The molecule has 0 fully saturated rings. The summed E-state index contributed by atoms with van der Waals surface area (Å²) in [5.74, 6) is 0.575. The molecule has 4 nitrogen and oxygen atoms in total. The van der Waals surface area contributed by atoms with Crippen LogP contribution in [0.1, 0.15) is 10.5 Å².